The Morgan fingerprint density at radius 3 is 2.43 bits per heavy atom. The molecule has 14 heavy (non-hydrogen) atoms. The van der Waals surface area contributed by atoms with E-state index >= 15 is 0 Å². The quantitative estimate of drug-likeness (QED) is 0.733. The first-order chi connectivity index (χ1) is 6.49. The molecule has 1 saturated heterocycles. The van der Waals surface area contributed by atoms with Gasteiger partial charge < -0.3 is 5.32 Å². The van der Waals surface area contributed by atoms with Crippen LogP contribution in [0.15, 0.2) is 0 Å². The van der Waals surface area contributed by atoms with Crippen molar-refractivity contribution in [3.05, 3.63) is 0 Å². The van der Waals surface area contributed by atoms with Crippen LogP contribution in [0.4, 0.5) is 13.2 Å². The molecule has 1 saturated carbocycles. The summed E-state index contributed by atoms with van der Waals surface area (Å²) in [6.07, 6.45) is 1.50. The summed E-state index contributed by atoms with van der Waals surface area (Å²) >= 11 is 0. The normalized spacial score (nSPS) is 34.9. The Morgan fingerprint density at radius 2 is 1.93 bits per heavy atom. The van der Waals surface area contributed by atoms with E-state index in [4.69, 9.17) is 0 Å². The Balaban J connectivity index is 1.86. The van der Waals surface area contributed by atoms with Crippen LogP contribution in [-0.4, -0.2) is 24.7 Å². The fourth-order valence-corrected chi connectivity index (χ4v) is 2.51. The minimum Gasteiger partial charge on any atom is -0.310 e. The molecule has 4 heteroatoms. The van der Waals surface area contributed by atoms with Crippen molar-refractivity contribution in [2.45, 2.75) is 43.7 Å². The first-order valence-corrected chi connectivity index (χ1v) is 5.27. The summed E-state index contributed by atoms with van der Waals surface area (Å²) in [5, 5.41) is 2.85. The van der Waals surface area contributed by atoms with Crippen LogP contribution in [0.1, 0.15) is 32.1 Å². The molecule has 2 fully saturated rings. The fourth-order valence-electron chi connectivity index (χ4n) is 2.51. The van der Waals surface area contributed by atoms with E-state index in [0.29, 0.717) is 25.9 Å². The lowest BCUT2D eigenvalue weighted by atomic mass is 9.78. The molecule has 0 radical (unpaired) electrons. The van der Waals surface area contributed by atoms with Crippen LogP contribution in [0.25, 0.3) is 0 Å². The Kier molecular flexibility index (Phi) is 2.50. The van der Waals surface area contributed by atoms with Gasteiger partial charge in [0.1, 0.15) is 5.67 Å². The van der Waals surface area contributed by atoms with E-state index in [0.717, 1.165) is 6.42 Å². The van der Waals surface area contributed by atoms with E-state index in [2.05, 4.69) is 5.32 Å². The first kappa shape index (κ1) is 10.3. The summed E-state index contributed by atoms with van der Waals surface area (Å²) in [5.74, 6) is -2.66. The largest absolute Gasteiger partial charge is 0.310 e. The second-order valence-corrected chi connectivity index (χ2v) is 4.78. The number of nitrogens with one attached hydrogen (secondary N) is 1. The molecule has 1 aliphatic carbocycles. The van der Waals surface area contributed by atoms with Crippen LogP contribution in [0.2, 0.25) is 0 Å². The van der Waals surface area contributed by atoms with E-state index in [-0.39, 0.29) is 18.8 Å². The molecular formula is C10H16F3N. The van der Waals surface area contributed by atoms with Crippen LogP contribution in [0.5, 0.6) is 0 Å². The van der Waals surface area contributed by atoms with Gasteiger partial charge in [-0.25, -0.2) is 13.2 Å². The van der Waals surface area contributed by atoms with E-state index in [9.17, 15) is 13.2 Å². The molecule has 0 amide bonds. The summed E-state index contributed by atoms with van der Waals surface area (Å²) in [7, 11) is 0. The molecule has 0 spiro atoms. The zero-order chi connectivity index (χ0) is 10.2. The van der Waals surface area contributed by atoms with Crippen molar-refractivity contribution in [3.8, 4) is 0 Å². The Morgan fingerprint density at radius 1 is 1.21 bits per heavy atom. The molecule has 1 unspecified atom stereocenters. The van der Waals surface area contributed by atoms with E-state index in [1.165, 1.54) is 0 Å². The summed E-state index contributed by atoms with van der Waals surface area (Å²) in [6, 6.07) is 0. The predicted octanol–water partition coefficient (Wildman–Crippen LogP) is 2.51. The molecule has 2 aliphatic rings. The number of halogens is 3. The maximum absolute atomic E-state index is 13.6. The van der Waals surface area contributed by atoms with Crippen molar-refractivity contribution in [3.63, 3.8) is 0 Å². The number of rotatable bonds is 2. The van der Waals surface area contributed by atoms with E-state index in [1.54, 1.807) is 0 Å². The Bertz CT molecular complexity index is 213. The van der Waals surface area contributed by atoms with Crippen LogP contribution in [-0.2, 0) is 0 Å². The minimum absolute atomic E-state index is 0.0129. The third-order valence-electron chi connectivity index (χ3n) is 3.28. The molecule has 82 valence electrons. The predicted molar refractivity (Wildman–Crippen MR) is 48.2 cm³/mol. The highest BCUT2D eigenvalue weighted by Gasteiger charge is 2.43. The summed E-state index contributed by atoms with van der Waals surface area (Å²) in [4.78, 5) is 0. The smallest absolute Gasteiger partial charge is 0.248 e. The molecule has 0 aromatic carbocycles. The van der Waals surface area contributed by atoms with Crippen molar-refractivity contribution in [2.24, 2.45) is 5.92 Å². The van der Waals surface area contributed by atoms with Crippen molar-refractivity contribution >= 4 is 0 Å². The van der Waals surface area contributed by atoms with Crippen molar-refractivity contribution in [2.75, 3.05) is 13.1 Å². The lowest BCUT2D eigenvalue weighted by Gasteiger charge is -2.39. The van der Waals surface area contributed by atoms with Gasteiger partial charge in [0.2, 0.25) is 5.92 Å². The Labute approximate surface area is 82.1 Å². The molecule has 1 nitrogen and oxygen atoms in total. The highest BCUT2D eigenvalue weighted by molar-refractivity contribution is 4.96. The van der Waals surface area contributed by atoms with Gasteiger partial charge in [-0.2, -0.15) is 0 Å². The lowest BCUT2D eigenvalue weighted by molar-refractivity contribution is -0.0654. The van der Waals surface area contributed by atoms with E-state index < -0.39 is 11.6 Å². The fraction of sp³-hybridized carbons (Fsp3) is 1.00. The van der Waals surface area contributed by atoms with Gasteiger partial charge in [-0.05, 0) is 25.2 Å². The number of alkyl halides is 3. The highest BCUT2D eigenvalue weighted by Crippen LogP contribution is 2.41. The van der Waals surface area contributed by atoms with Crippen LogP contribution < -0.4 is 5.32 Å². The van der Waals surface area contributed by atoms with Gasteiger partial charge in [-0.15, -0.1) is 0 Å². The molecule has 2 rings (SSSR count). The molecule has 1 aliphatic heterocycles. The molecule has 0 aromatic rings. The molecule has 1 N–H and O–H groups in total. The van der Waals surface area contributed by atoms with Crippen molar-refractivity contribution < 1.29 is 13.2 Å². The second-order valence-electron chi connectivity index (χ2n) is 4.78. The summed E-state index contributed by atoms with van der Waals surface area (Å²) in [6.45, 7) is 0.685. The zero-order valence-corrected chi connectivity index (χ0v) is 8.16. The van der Waals surface area contributed by atoms with Gasteiger partial charge in [-0.3, -0.25) is 0 Å². The first-order valence-electron chi connectivity index (χ1n) is 5.27. The zero-order valence-electron chi connectivity index (χ0n) is 8.16. The maximum atomic E-state index is 13.6. The third kappa shape index (κ3) is 2.22. The van der Waals surface area contributed by atoms with E-state index in [1.807, 2.05) is 0 Å². The molecular weight excluding hydrogens is 191 g/mol. The molecule has 1 atom stereocenters. The standard InChI is InChI=1S/C10H16F3N/c11-9(6-14-7-9)4-8-2-1-3-10(12,13)5-8/h8,14H,1-7H2. The van der Waals surface area contributed by atoms with Gasteiger partial charge in [0.05, 0.1) is 0 Å². The van der Waals surface area contributed by atoms with Gasteiger partial charge in [0, 0.05) is 25.9 Å². The molecule has 1 heterocycles. The van der Waals surface area contributed by atoms with Gasteiger partial charge in [0.25, 0.3) is 0 Å². The Hall–Kier alpha value is -0.250. The molecule has 0 aromatic heterocycles. The van der Waals surface area contributed by atoms with Gasteiger partial charge in [-0.1, -0.05) is 0 Å². The van der Waals surface area contributed by atoms with Gasteiger partial charge in [0.15, 0.2) is 0 Å². The van der Waals surface area contributed by atoms with Crippen molar-refractivity contribution in [1.82, 2.24) is 5.32 Å². The van der Waals surface area contributed by atoms with Crippen molar-refractivity contribution in [1.29, 1.82) is 0 Å². The average molecular weight is 207 g/mol. The highest BCUT2D eigenvalue weighted by atomic mass is 19.3. The monoisotopic (exact) mass is 207 g/mol. The number of hydrogen-bond acceptors (Lipinski definition) is 1. The maximum Gasteiger partial charge on any atom is 0.248 e. The topological polar surface area (TPSA) is 12.0 Å². The summed E-state index contributed by atoms with van der Waals surface area (Å²) < 4.78 is 39.7. The SMILES string of the molecule is FC1(F)CCCC(CC2(F)CNC2)C1. The average Bonchev–Trinajstić information content (AvgIpc) is 1.99. The number of hydrogen-bond donors (Lipinski definition) is 1. The minimum atomic E-state index is -2.55. The van der Waals surface area contributed by atoms with Crippen LogP contribution in [0, 0.1) is 5.92 Å². The van der Waals surface area contributed by atoms with Crippen LogP contribution >= 0.6 is 0 Å². The molecule has 0 bridgehead atoms. The third-order valence-corrected chi connectivity index (χ3v) is 3.28. The second kappa shape index (κ2) is 3.40. The van der Waals surface area contributed by atoms with Gasteiger partial charge >= 0.3 is 0 Å². The summed E-state index contributed by atoms with van der Waals surface area (Å²) in [5.41, 5.74) is -1.20. The lowest BCUT2D eigenvalue weighted by Crippen LogP contribution is -2.57. The van der Waals surface area contributed by atoms with Crippen LogP contribution in [0.3, 0.4) is 0 Å².